The van der Waals surface area contributed by atoms with Crippen LogP contribution >= 0.6 is 0 Å². The van der Waals surface area contributed by atoms with E-state index in [-0.39, 0.29) is 6.61 Å². The van der Waals surface area contributed by atoms with Gasteiger partial charge in [-0.3, -0.25) is 0 Å². The molecule has 1 atom stereocenters. The van der Waals surface area contributed by atoms with E-state index in [0.717, 1.165) is 38.6 Å². The van der Waals surface area contributed by atoms with Gasteiger partial charge in [0.1, 0.15) is 0 Å². The zero-order valence-electron chi connectivity index (χ0n) is 13.0. The fraction of sp³-hybridized carbons (Fsp3) is 1.00. The van der Waals surface area contributed by atoms with Crippen molar-refractivity contribution in [2.75, 3.05) is 33.0 Å². The van der Waals surface area contributed by atoms with Crippen LogP contribution in [0.3, 0.4) is 0 Å². The van der Waals surface area contributed by atoms with Gasteiger partial charge in [0.2, 0.25) is 0 Å². The highest BCUT2D eigenvalue weighted by Crippen LogP contribution is 2.16. The quantitative estimate of drug-likeness (QED) is 0.462. The molecule has 0 aromatic heterocycles. The van der Waals surface area contributed by atoms with Crippen molar-refractivity contribution in [3.05, 3.63) is 0 Å². The summed E-state index contributed by atoms with van der Waals surface area (Å²) in [5.41, 5.74) is 0. The van der Waals surface area contributed by atoms with E-state index in [4.69, 9.17) is 14.6 Å². The molecule has 3 nitrogen and oxygen atoms in total. The van der Waals surface area contributed by atoms with Gasteiger partial charge >= 0.3 is 0 Å². The molecule has 0 heterocycles. The SMILES string of the molecule is CCCCCC(CCC)COCCCOCCCO. The molecule has 0 aliphatic rings. The maximum absolute atomic E-state index is 8.60. The van der Waals surface area contributed by atoms with E-state index in [9.17, 15) is 0 Å². The van der Waals surface area contributed by atoms with Crippen LogP contribution in [0.4, 0.5) is 0 Å². The summed E-state index contributed by atoms with van der Waals surface area (Å²) < 4.78 is 11.1. The van der Waals surface area contributed by atoms with Crippen molar-refractivity contribution in [3.63, 3.8) is 0 Å². The molecule has 3 heteroatoms. The Hall–Kier alpha value is -0.120. The summed E-state index contributed by atoms with van der Waals surface area (Å²) in [4.78, 5) is 0. The predicted octanol–water partition coefficient (Wildman–Crippen LogP) is 3.79. The second-order valence-electron chi connectivity index (χ2n) is 5.27. The molecule has 0 rings (SSSR count). The van der Waals surface area contributed by atoms with Crippen LogP contribution in [0, 0.1) is 5.92 Å². The normalized spacial score (nSPS) is 12.8. The standard InChI is InChI=1S/C16H34O3/c1-3-5-6-10-16(9-4-2)15-19-14-8-13-18-12-7-11-17/h16-17H,3-15H2,1-2H3. The first-order valence-electron chi connectivity index (χ1n) is 8.11. The highest BCUT2D eigenvalue weighted by molar-refractivity contribution is 4.58. The van der Waals surface area contributed by atoms with Crippen LogP contribution in [0.5, 0.6) is 0 Å². The fourth-order valence-corrected chi connectivity index (χ4v) is 2.18. The average Bonchev–Trinajstić information content (AvgIpc) is 2.42. The fourth-order valence-electron chi connectivity index (χ4n) is 2.18. The second kappa shape index (κ2) is 15.9. The molecule has 0 aliphatic carbocycles. The molecule has 0 aromatic rings. The molecular weight excluding hydrogens is 240 g/mol. The van der Waals surface area contributed by atoms with Crippen LogP contribution in [-0.4, -0.2) is 38.1 Å². The number of ether oxygens (including phenoxy) is 2. The van der Waals surface area contributed by atoms with Gasteiger partial charge in [0.05, 0.1) is 0 Å². The van der Waals surface area contributed by atoms with Crippen molar-refractivity contribution in [3.8, 4) is 0 Å². The zero-order valence-corrected chi connectivity index (χ0v) is 13.0. The molecular formula is C16H34O3. The Morgan fingerprint density at radius 3 is 2.21 bits per heavy atom. The summed E-state index contributed by atoms with van der Waals surface area (Å²) >= 11 is 0. The lowest BCUT2D eigenvalue weighted by Gasteiger charge is -2.16. The number of unbranched alkanes of at least 4 members (excludes halogenated alkanes) is 2. The highest BCUT2D eigenvalue weighted by Gasteiger charge is 2.07. The van der Waals surface area contributed by atoms with Crippen LogP contribution in [0.15, 0.2) is 0 Å². The third-order valence-corrected chi connectivity index (χ3v) is 3.29. The highest BCUT2D eigenvalue weighted by atomic mass is 16.5. The smallest absolute Gasteiger partial charge is 0.0494 e. The molecule has 19 heavy (non-hydrogen) atoms. The van der Waals surface area contributed by atoms with Crippen molar-refractivity contribution in [1.82, 2.24) is 0 Å². The number of rotatable bonds is 15. The minimum absolute atomic E-state index is 0.215. The molecule has 0 saturated carbocycles. The Morgan fingerprint density at radius 2 is 1.53 bits per heavy atom. The van der Waals surface area contributed by atoms with E-state index in [0.29, 0.717) is 6.61 Å². The number of aliphatic hydroxyl groups is 1. The van der Waals surface area contributed by atoms with Crippen LogP contribution in [-0.2, 0) is 9.47 Å². The first-order valence-corrected chi connectivity index (χ1v) is 8.11. The van der Waals surface area contributed by atoms with Crippen molar-refractivity contribution in [2.45, 2.75) is 65.2 Å². The molecule has 0 bridgehead atoms. The van der Waals surface area contributed by atoms with Crippen molar-refractivity contribution in [1.29, 1.82) is 0 Å². The molecule has 1 unspecified atom stereocenters. The van der Waals surface area contributed by atoms with E-state index in [1.807, 2.05) is 0 Å². The molecule has 0 fully saturated rings. The summed E-state index contributed by atoms with van der Waals surface area (Å²) in [7, 11) is 0. The molecule has 116 valence electrons. The lowest BCUT2D eigenvalue weighted by Crippen LogP contribution is -2.11. The van der Waals surface area contributed by atoms with Crippen LogP contribution in [0.1, 0.15) is 65.2 Å². The van der Waals surface area contributed by atoms with Gasteiger partial charge in [0, 0.05) is 33.0 Å². The molecule has 1 N–H and O–H groups in total. The van der Waals surface area contributed by atoms with Crippen LogP contribution in [0.25, 0.3) is 0 Å². The van der Waals surface area contributed by atoms with E-state index >= 15 is 0 Å². The lowest BCUT2D eigenvalue weighted by molar-refractivity contribution is 0.0585. The monoisotopic (exact) mass is 274 g/mol. The Bertz CT molecular complexity index is 162. The van der Waals surface area contributed by atoms with E-state index in [1.165, 1.54) is 38.5 Å². The summed E-state index contributed by atoms with van der Waals surface area (Å²) in [5.74, 6) is 0.742. The molecule has 0 saturated heterocycles. The number of hydrogen-bond donors (Lipinski definition) is 1. The van der Waals surface area contributed by atoms with Gasteiger partial charge in [-0.1, -0.05) is 39.5 Å². The Morgan fingerprint density at radius 1 is 0.789 bits per heavy atom. The van der Waals surface area contributed by atoms with Gasteiger partial charge in [-0.25, -0.2) is 0 Å². The van der Waals surface area contributed by atoms with Crippen molar-refractivity contribution < 1.29 is 14.6 Å². The Kier molecular flexibility index (Phi) is 15.8. The molecule has 0 aliphatic heterocycles. The second-order valence-corrected chi connectivity index (χ2v) is 5.27. The van der Waals surface area contributed by atoms with E-state index in [2.05, 4.69) is 13.8 Å². The topological polar surface area (TPSA) is 38.7 Å². The summed E-state index contributed by atoms with van der Waals surface area (Å²) in [6.07, 6.45) is 9.53. The van der Waals surface area contributed by atoms with Crippen LogP contribution < -0.4 is 0 Å². The largest absolute Gasteiger partial charge is 0.396 e. The van der Waals surface area contributed by atoms with Crippen molar-refractivity contribution >= 4 is 0 Å². The predicted molar refractivity (Wildman–Crippen MR) is 80.5 cm³/mol. The summed E-state index contributed by atoms with van der Waals surface area (Å²) in [6.45, 7) is 7.83. The van der Waals surface area contributed by atoms with Crippen LogP contribution in [0.2, 0.25) is 0 Å². The third kappa shape index (κ3) is 14.1. The Balaban J connectivity index is 3.36. The van der Waals surface area contributed by atoms with Crippen molar-refractivity contribution in [2.24, 2.45) is 5.92 Å². The maximum Gasteiger partial charge on any atom is 0.0494 e. The maximum atomic E-state index is 8.60. The van der Waals surface area contributed by atoms with Gasteiger partial charge in [-0.2, -0.15) is 0 Å². The third-order valence-electron chi connectivity index (χ3n) is 3.29. The summed E-state index contributed by atoms with van der Waals surface area (Å²) in [6, 6.07) is 0. The van der Waals surface area contributed by atoms with Gasteiger partial charge in [-0.15, -0.1) is 0 Å². The van der Waals surface area contributed by atoms with E-state index < -0.39 is 0 Å². The van der Waals surface area contributed by atoms with Gasteiger partial charge in [-0.05, 0) is 31.6 Å². The van der Waals surface area contributed by atoms with Gasteiger partial charge < -0.3 is 14.6 Å². The molecule has 0 spiro atoms. The summed E-state index contributed by atoms with van der Waals surface area (Å²) in [5, 5.41) is 8.60. The Labute approximate surface area is 119 Å². The zero-order chi connectivity index (χ0) is 14.2. The minimum atomic E-state index is 0.215. The first-order chi connectivity index (χ1) is 9.35. The first kappa shape index (κ1) is 18.9. The van der Waals surface area contributed by atoms with E-state index in [1.54, 1.807) is 0 Å². The average molecular weight is 274 g/mol. The molecule has 0 radical (unpaired) electrons. The molecule has 0 amide bonds. The number of aliphatic hydroxyl groups excluding tert-OH is 1. The molecule has 0 aromatic carbocycles. The van der Waals surface area contributed by atoms with Gasteiger partial charge in [0.15, 0.2) is 0 Å². The number of hydrogen-bond acceptors (Lipinski definition) is 3. The lowest BCUT2D eigenvalue weighted by atomic mass is 9.97. The minimum Gasteiger partial charge on any atom is -0.396 e. The van der Waals surface area contributed by atoms with Gasteiger partial charge in [0.25, 0.3) is 0 Å².